The summed E-state index contributed by atoms with van der Waals surface area (Å²) < 4.78 is 4.75. The number of carbonyl (C=O) groups is 3. The number of nitrogens with one attached hydrogen (secondary N) is 3. The molecular weight excluding hydrogens is 370 g/mol. The van der Waals surface area contributed by atoms with E-state index in [-0.39, 0.29) is 35.8 Å². The second-order valence-corrected chi connectivity index (χ2v) is 8.73. The smallest absolute Gasteiger partial charge is 0.413 e. The van der Waals surface area contributed by atoms with Gasteiger partial charge in [0.25, 0.3) is 0 Å². The lowest BCUT2D eigenvalue weighted by Crippen LogP contribution is -2.57. The number of fused-ring (bicyclic) bond motifs is 1. The van der Waals surface area contributed by atoms with Crippen molar-refractivity contribution in [2.24, 2.45) is 17.8 Å². The van der Waals surface area contributed by atoms with Gasteiger partial charge in [0, 0.05) is 12.0 Å². The first kappa shape index (κ1) is 20.4. The summed E-state index contributed by atoms with van der Waals surface area (Å²) in [7, 11) is 0. The van der Waals surface area contributed by atoms with Gasteiger partial charge >= 0.3 is 6.09 Å². The Hall–Kier alpha value is -1.32. The Bertz CT molecular complexity index is 575. The van der Waals surface area contributed by atoms with E-state index in [1.54, 1.807) is 6.92 Å². The second kappa shape index (κ2) is 9.25. The molecule has 0 aromatic rings. The molecule has 4 N–H and O–H groups in total. The van der Waals surface area contributed by atoms with Gasteiger partial charge in [-0.3, -0.25) is 20.2 Å². The Morgan fingerprint density at radius 3 is 2.70 bits per heavy atom. The number of imide groups is 1. The van der Waals surface area contributed by atoms with Gasteiger partial charge in [-0.1, -0.05) is 12.8 Å². The van der Waals surface area contributed by atoms with Crippen molar-refractivity contribution in [1.29, 1.82) is 0 Å². The zero-order valence-electron chi connectivity index (χ0n) is 15.6. The van der Waals surface area contributed by atoms with Crippen molar-refractivity contribution in [3.8, 4) is 0 Å². The van der Waals surface area contributed by atoms with E-state index in [0.29, 0.717) is 12.8 Å². The lowest BCUT2D eigenvalue weighted by atomic mass is 9.72. The first-order valence-electron chi connectivity index (χ1n) is 9.83. The van der Waals surface area contributed by atoms with E-state index in [2.05, 4.69) is 16.0 Å². The summed E-state index contributed by atoms with van der Waals surface area (Å²) in [5, 5.41) is 18.2. The van der Waals surface area contributed by atoms with Crippen LogP contribution in [-0.4, -0.2) is 53.0 Å². The van der Waals surface area contributed by atoms with Crippen molar-refractivity contribution < 1.29 is 24.2 Å². The summed E-state index contributed by atoms with van der Waals surface area (Å²) in [6.07, 6.45) is 3.75. The van der Waals surface area contributed by atoms with Crippen LogP contribution in [0.25, 0.3) is 0 Å². The highest BCUT2D eigenvalue weighted by molar-refractivity contribution is 8.00. The Morgan fingerprint density at radius 1 is 1.15 bits per heavy atom. The third kappa shape index (κ3) is 4.94. The maximum absolute atomic E-state index is 13.0. The van der Waals surface area contributed by atoms with Gasteiger partial charge in [-0.2, -0.15) is 0 Å². The van der Waals surface area contributed by atoms with E-state index in [9.17, 15) is 19.5 Å². The maximum Gasteiger partial charge on any atom is 0.413 e. The van der Waals surface area contributed by atoms with Crippen LogP contribution in [0.15, 0.2) is 0 Å². The fraction of sp³-hybridized carbons (Fsp3) is 0.833. The van der Waals surface area contributed by atoms with Crippen LogP contribution in [0.3, 0.4) is 0 Å². The highest BCUT2D eigenvalue weighted by Crippen LogP contribution is 2.37. The molecule has 9 heteroatoms. The number of aliphatic hydroxyl groups is 1. The summed E-state index contributed by atoms with van der Waals surface area (Å²) in [5.41, 5.74) is 0. The van der Waals surface area contributed by atoms with Crippen LogP contribution in [0, 0.1) is 17.8 Å². The van der Waals surface area contributed by atoms with E-state index in [0.717, 1.165) is 31.4 Å². The number of aliphatic hydroxyl groups excluding tert-OH is 1. The third-order valence-corrected chi connectivity index (χ3v) is 7.05. The molecule has 0 aromatic carbocycles. The van der Waals surface area contributed by atoms with E-state index in [1.807, 2.05) is 0 Å². The molecule has 6 atom stereocenters. The number of carbonyl (C=O) groups excluding carboxylic acids is 3. The lowest BCUT2D eigenvalue weighted by molar-refractivity contribution is -0.133. The second-order valence-electron chi connectivity index (χ2n) is 7.48. The van der Waals surface area contributed by atoms with Crippen LogP contribution in [0.1, 0.15) is 45.4 Å². The fourth-order valence-corrected chi connectivity index (χ4v) is 5.82. The molecule has 2 heterocycles. The molecule has 0 spiro atoms. The Balaban J connectivity index is 1.60. The van der Waals surface area contributed by atoms with E-state index in [4.69, 9.17) is 4.74 Å². The van der Waals surface area contributed by atoms with E-state index >= 15 is 0 Å². The number of amides is 3. The molecule has 1 aliphatic carbocycles. The van der Waals surface area contributed by atoms with Crippen LogP contribution in [0.2, 0.25) is 0 Å². The highest BCUT2D eigenvalue weighted by atomic mass is 32.2. The lowest BCUT2D eigenvalue weighted by Gasteiger charge is -2.43. The number of thioether (sulfide) groups is 1. The third-order valence-electron chi connectivity index (χ3n) is 5.77. The van der Waals surface area contributed by atoms with E-state index < -0.39 is 24.1 Å². The Morgan fingerprint density at radius 2 is 1.93 bits per heavy atom. The van der Waals surface area contributed by atoms with Crippen molar-refractivity contribution in [3.05, 3.63) is 0 Å². The van der Waals surface area contributed by atoms with Crippen molar-refractivity contribution in [2.45, 2.75) is 63.1 Å². The molecule has 27 heavy (non-hydrogen) atoms. The monoisotopic (exact) mass is 399 g/mol. The maximum atomic E-state index is 13.0. The summed E-state index contributed by atoms with van der Waals surface area (Å²) >= 11 is 1.52. The summed E-state index contributed by atoms with van der Waals surface area (Å²) in [6.45, 7) is 1.86. The normalized spacial score (nSPS) is 35.8. The van der Waals surface area contributed by atoms with Crippen LogP contribution in [0.4, 0.5) is 4.79 Å². The van der Waals surface area contributed by atoms with Gasteiger partial charge in [0.2, 0.25) is 11.8 Å². The first-order chi connectivity index (χ1) is 13.0. The van der Waals surface area contributed by atoms with Crippen LogP contribution in [-0.2, 0) is 14.3 Å². The number of alkyl carbamates (subject to hydrolysis) is 1. The van der Waals surface area contributed by atoms with Gasteiger partial charge < -0.3 is 15.2 Å². The molecule has 0 radical (unpaired) electrons. The molecular formula is C18H29N3O5S. The molecule has 2 saturated heterocycles. The minimum Gasteiger partial charge on any atom is -0.450 e. The molecule has 152 valence electrons. The molecule has 3 rings (SSSR count). The number of hydrogen-bond acceptors (Lipinski definition) is 7. The predicted molar refractivity (Wildman–Crippen MR) is 101 cm³/mol. The molecule has 0 bridgehead atoms. The minimum atomic E-state index is -0.754. The quantitative estimate of drug-likeness (QED) is 0.556. The van der Waals surface area contributed by atoms with Gasteiger partial charge in [0.05, 0.1) is 17.9 Å². The van der Waals surface area contributed by atoms with E-state index in [1.165, 1.54) is 11.8 Å². The fourth-order valence-electron chi connectivity index (χ4n) is 4.49. The van der Waals surface area contributed by atoms with Gasteiger partial charge in [-0.25, -0.2) is 4.79 Å². The largest absolute Gasteiger partial charge is 0.450 e. The number of rotatable bonds is 4. The number of hydrogen-bond donors (Lipinski definition) is 4. The molecule has 1 saturated carbocycles. The van der Waals surface area contributed by atoms with Crippen molar-refractivity contribution in [1.82, 2.24) is 16.0 Å². The molecule has 3 amide bonds. The zero-order valence-corrected chi connectivity index (χ0v) is 16.4. The Labute approximate surface area is 163 Å². The van der Waals surface area contributed by atoms with Gasteiger partial charge in [0.1, 0.15) is 6.23 Å². The van der Waals surface area contributed by atoms with Crippen LogP contribution < -0.4 is 16.0 Å². The van der Waals surface area contributed by atoms with Crippen LogP contribution >= 0.6 is 11.8 Å². The van der Waals surface area contributed by atoms with Gasteiger partial charge in [-0.05, 0) is 44.3 Å². The minimum absolute atomic E-state index is 0.0965. The standard InChI is InChI=1S/C18H29N3O5S/c1-2-26-18(25)21-15(23)11-7-8-27-17(11)20-16(24)12-9-14(22)19-13-6-4-3-5-10(12)13/h10-14,17,19,22H,2-9H2,1H3,(H,20,24)(H,21,23,25). The van der Waals surface area contributed by atoms with Crippen molar-refractivity contribution in [3.63, 3.8) is 0 Å². The summed E-state index contributed by atoms with van der Waals surface area (Å²) in [4.78, 5) is 36.8. The first-order valence-corrected chi connectivity index (χ1v) is 10.9. The van der Waals surface area contributed by atoms with Crippen molar-refractivity contribution >= 4 is 29.7 Å². The average Bonchev–Trinajstić information content (AvgIpc) is 3.09. The summed E-state index contributed by atoms with van der Waals surface area (Å²) in [6, 6.07) is 0.178. The number of piperidine rings is 1. The Kier molecular flexibility index (Phi) is 6.99. The average molecular weight is 400 g/mol. The molecule has 8 nitrogen and oxygen atoms in total. The number of ether oxygens (including phenoxy) is 1. The predicted octanol–water partition coefficient (Wildman–Crippen LogP) is 0.941. The molecule has 6 unspecified atom stereocenters. The molecule has 3 aliphatic rings. The summed E-state index contributed by atoms with van der Waals surface area (Å²) in [5.74, 6) is -0.253. The van der Waals surface area contributed by atoms with Crippen molar-refractivity contribution in [2.75, 3.05) is 12.4 Å². The highest BCUT2D eigenvalue weighted by Gasteiger charge is 2.43. The van der Waals surface area contributed by atoms with Crippen LogP contribution in [0.5, 0.6) is 0 Å². The SMILES string of the molecule is CCOC(=O)NC(=O)C1CCSC1NC(=O)C1CC(O)NC2CCCCC21. The molecule has 3 fully saturated rings. The zero-order chi connectivity index (χ0) is 19.4. The topological polar surface area (TPSA) is 117 Å². The molecule has 0 aromatic heterocycles. The molecule has 2 aliphatic heterocycles. The van der Waals surface area contributed by atoms with Gasteiger partial charge in [-0.15, -0.1) is 11.8 Å². The van der Waals surface area contributed by atoms with Gasteiger partial charge in [0.15, 0.2) is 0 Å².